The minimum Gasteiger partial charge on any atom is -0.335 e. The molecule has 2 unspecified atom stereocenters. The van der Waals surface area contributed by atoms with Crippen LogP contribution in [0.25, 0.3) is 0 Å². The fraction of sp³-hybridized carbons (Fsp3) is 0.300. The monoisotopic (exact) mass is 339 g/mol. The van der Waals surface area contributed by atoms with Gasteiger partial charge in [0.2, 0.25) is 0 Å². The second-order valence-electron chi connectivity index (χ2n) is 5.95. The van der Waals surface area contributed by atoms with E-state index in [-0.39, 0.29) is 30.6 Å². The van der Waals surface area contributed by atoms with Gasteiger partial charge in [-0.25, -0.2) is 9.18 Å². The van der Waals surface area contributed by atoms with Crippen molar-refractivity contribution in [2.24, 2.45) is 0 Å². The maximum atomic E-state index is 14.1. The Labute approximate surface area is 147 Å². The molecule has 130 valence electrons. The van der Waals surface area contributed by atoms with Crippen LogP contribution in [0.4, 0.5) is 14.9 Å². The van der Waals surface area contributed by atoms with E-state index in [4.69, 9.17) is 5.26 Å². The number of benzene rings is 2. The molecule has 2 aromatic rings. The van der Waals surface area contributed by atoms with E-state index in [1.807, 2.05) is 50.2 Å². The van der Waals surface area contributed by atoms with Crippen LogP contribution in [-0.4, -0.2) is 18.6 Å². The van der Waals surface area contributed by atoms with Crippen molar-refractivity contribution in [1.29, 1.82) is 5.26 Å². The molecule has 1 N–H and O–H groups in total. The summed E-state index contributed by atoms with van der Waals surface area (Å²) in [4.78, 5) is 14.0. The van der Waals surface area contributed by atoms with Gasteiger partial charge in [0.05, 0.1) is 18.2 Å². The number of para-hydroxylation sites is 1. The number of nitrogens with one attached hydrogen (secondary N) is 1. The van der Waals surface area contributed by atoms with Crippen LogP contribution in [0.3, 0.4) is 0 Å². The summed E-state index contributed by atoms with van der Waals surface area (Å²) in [5.74, 6) is -0.386. The predicted octanol–water partition coefficient (Wildman–Crippen LogP) is 4.45. The lowest BCUT2D eigenvalue weighted by molar-refractivity contribution is 0.241. The normalized spacial score (nSPS) is 12.7. The number of amides is 2. The van der Waals surface area contributed by atoms with Crippen LogP contribution in [0.1, 0.15) is 31.7 Å². The van der Waals surface area contributed by atoms with E-state index in [1.165, 1.54) is 17.0 Å². The topological polar surface area (TPSA) is 56.1 Å². The minimum absolute atomic E-state index is 0.101. The fourth-order valence-electron chi connectivity index (χ4n) is 2.61. The van der Waals surface area contributed by atoms with Gasteiger partial charge in [-0.15, -0.1) is 0 Å². The third kappa shape index (κ3) is 4.80. The van der Waals surface area contributed by atoms with Gasteiger partial charge < -0.3 is 5.32 Å². The van der Waals surface area contributed by atoms with E-state index in [0.717, 1.165) is 5.56 Å². The SMILES string of the molecule is CC(NC(=O)N(CCC#N)c1ccccc1F)C(C)c1ccccc1. The number of hydrogen-bond donors (Lipinski definition) is 1. The first-order valence-corrected chi connectivity index (χ1v) is 8.29. The summed E-state index contributed by atoms with van der Waals surface area (Å²) >= 11 is 0. The number of halogens is 1. The summed E-state index contributed by atoms with van der Waals surface area (Å²) in [7, 11) is 0. The molecule has 0 fully saturated rings. The van der Waals surface area contributed by atoms with Crippen LogP contribution in [-0.2, 0) is 0 Å². The summed E-state index contributed by atoms with van der Waals surface area (Å²) in [6, 6.07) is 17.4. The number of carbonyl (C=O) groups is 1. The molecule has 2 atom stereocenters. The average Bonchev–Trinajstić information content (AvgIpc) is 2.63. The van der Waals surface area contributed by atoms with Crippen LogP contribution in [0, 0.1) is 17.1 Å². The molecule has 0 saturated heterocycles. The van der Waals surface area contributed by atoms with Crippen molar-refractivity contribution in [2.75, 3.05) is 11.4 Å². The van der Waals surface area contributed by atoms with E-state index < -0.39 is 11.8 Å². The summed E-state index contributed by atoms with van der Waals surface area (Å²) < 4.78 is 14.1. The Morgan fingerprint density at radius 2 is 1.80 bits per heavy atom. The summed E-state index contributed by atoms with van der Waals surface area (Å²) in [5.41, 5.74) is 1.29. The Bertz CT molecular complexity index is 742. The Kier molecular flexibility index (Phi) is 6.53. The van der Waals surface area contributed by atoms with Crippen molar-refractivity contribution < 1.29 is 9.18 Å². The quantitative estimate of drug-likeness (QED) is 0.845. The highest BCUT2D eigenvalue weighted by molar-refractivity contribution is 5.92. The number of rotatable bonds is 6. The van der Waals surface area contributed by atoms with Gasteiger partial charge in [-0.05, 0) is 24.6 Å². The van der Waals surface area contributed by atoms with Gasteiger partial charge in [0.25, 0.3) is 0 Å². The molecule has 0 spiro atoms. The zero-order chi connectivity index (χ0) is 18.2. The van der Waals surface area contributed by atoms with Crippen molar-refractivity contribution in [3.05, 3.63) is 66.0 Å². The highest BCUT2D eigenvalue weighted by Crippen LogP contribution is 2.21. The lowest BCUT2D eigenvalue weighted by Gasteiger charge is -2.27. The molecular formula is C20H22FN3O. The molecule has 0 radical (unpaired) electrons. The molecular weight excluding hydrogens is 317 g/mol. The first-order valence-electron chi connectivity index (χ1n) is 8.29. The maximum absolute atomic E-state index is 14.1. The fourth-order valence-corrected chi connectivity index (χ4v) is 2.61. The molecule has 0 saturated carbocycles. The molecule has 0 heterocycles. The summed E-state index contributed by atoms with van der Waals surface area (Å²) in [6.07, 6.45) is 0.129. The standard InChI is InChI=1S/C20H22FN3O/c1-15(17-9-4-3-5-10-17)16(2)23-20(25)24(14-8-13-22)19-12-7-6-11-18(19)21/h3-7,9-12,15-16H,8,14H2,1-2H3,(H,23,25). The molecule has 5 heteroatoms. The molecule has 2 rings (SSSR count). The van der Waals surface area contributed by atoms with Crippen molar-refractivity contribution in [2.45, 2.75) is 32.2 Å². The minimum atomic E-state index is -0.487. The maximum Gasteiger partial charge on any atom is 0.322 e. The van der Waals surface area contributed by atoms with Crippen LogP contribution in [0.2, 0.25) is 0 Å². The Morgan fingerprint density at radius 3 is 2.44 bits per heavy atom. The third-order valence-electron chi connectivity index (χ3n) is 4.26. The van der Waals surface area contributed by atoms with Crippen molar-refractivity contribution >= 4 is 11.7 Å². The van der Waals surface area contributed by atoms with Crippen molar-refractivity contribution in [3.8, 4) is 6.07 Å². The van der Waals surface area contributed by atoms with Crippen LogP contribution >= 0.6 is 0 Å². The molecule has 0 aromatic heterocycles. The molecule has 4 nitrogen and oxygen atoms in total. The highest BCUT2D eigenvalue weighted by atomic mass is 19.1. The predicted molar refractivity (Wildman–Crippen MR) is 96.8 cm³/mol. The van der Waals surface area contributed by atoms with Gasteiger partial charge in [0.15, 0.2) is 0 Å². The van der Waals surface area contributed by atoms with Gasteiger partial charge in [0, 0.05) is 18.5 Å². The van der Waals surface area contributed by atoms with Gasteiger partial charge in [-0.3, -0.25) is 4.90 Å². The molecule has 2 aromatic carbocycles. The van der Waals surface area contributed by atoms with E-state index >= 15 is 0 Å². The van der Waals surface area contributed by atoms with Gasteiger partial charge >= 0.3 is 6.03 Å². The molecule has 25 heavy (non-hydrogen) atoms. The lowest BCUT2D eigenvalue weighted by Crippen LogP contribution is -2.46. The number of anilines is 1. The first-order chi connectivity index (χ1) is 12.0. The zero-order valence-electron chi connectivity index (χ0n) is 14.4. The van der Waals surface area contributed by atoms with Gasteiger partial charge in [0.1, 0.15) is 5.82 Å². The molecule has 0 aliphatic heterocycles. The summed E-state index contributed by atoms with van der Waals surface area (Å²) in [5, 5.41) is 11.8. The highest BCUT2D eigenvalue weighted by Gasteiger charge is 2.22. The summed E-state index contributed by atoms with van der Waals surface area (Å²) in [6.45, 7) is 4.08. The Morgan fingerprint density at radius 1 is 1.16 bits per heavy atom. The third-order valence-corrected chi connectivity index (χ3v) is 4.26. The molecule has 0 bridgehead atoms. The average molecular weight is 339 g/mol. The van der Waals surface area contributed by atoms with Crippen LogP contribution < -0.4 is 10.2 Å². The van der Waals surface area contributed by atoms with E-state index in [2.05, 4.69) is 5.32 Å². The second-order valence-corrected chi connectivity index (χ2v) is 5.95. The van der Waals surface area contributed by atoms with Gasteiger partial charge in [-0.2, -0.15) is 5.26 Å². The molecule has 2 amide bonds. The van der Waals surface area contributed by atoms with Gasteiger partial charge in [-0.1, -0.05) is 49.4 Å². The van der Waals surface area contributed by atoms with E-state index in [0.29, 0.717) is 0 Å². The van der Waals surface area contributed by atoms with E-state index in [1.54, 1.807) is 12.1 Å². The number of carbonyl (C=O) groups excluding carboxylic acids is 1. The smallest absolute Gasteiger partial charge is 0.322 e. The largest absolute Gasteiger partial charge is 0.335 e. The number of nitrogens with zero attached hydrogens (tertiary/aromatic N) is 2. The Balaban J connectivity index is 2.14. The van der Waals surface area contributed by atoms with E-state index in [9.17, 15) is 9.18 Å². The first kappa shape index (κ1) is 18.5. The Hall–Kier alpha value is -2.87. The molecule has 0 aliphatic carbocycles. The second kappa shape index (κ2) is 8.84. The van der Waals surface area contributed by atoms with Crippen LogP contribution in [0.5, 0.6) is 0 Å². The van der Waals surface area contributed by atoms with Crippen LogP contribution in [0.15, 0.2) is 54.6 Å². The number of urea groups is 1. The lowest BCUT2D eigenvalue weighted by atomic mass is 9.94. The van der Waals surface area contributed by atoms with Crippen molar-refractivity contribution in [3.63, 3.8) is 0 Å². The van der Waals surface area contributed by atoms with Crippen molar-refractivity contribution in [1.82, 2.24) is 5.32 Å². The zero-order valence-corrected chi connectivity index (χ0v) is 14.4. The number of nitriles is 1. The number of hydrogen-bond acceptors (Lipinski definition) is 2. The molecule has 0 aliphatic rings.